The quantitative estimate of drug-likeness (QED) is 0.874. The molecule has 1 aromatic rings. The molecule has 0 heterocycles. The van der Waals surface area contributed by atoms with E-state index in [9.17, 15) is 9.59 Å². The highest BCUT2D eigenvalue weighted by Gasteiger charge is 2.29. The van der Waals surface area contributed by atoms with Crippen LogP contribution in [0.1, 0.15) is 43.5 Å². The van der Waals surface area contributed by atoms with Gasteiger partial charge < -0.3 is 15.8 Å². The molecule has 5 nitrogen and oxygen atoms in total. The Morgan fingerprint density at radius 1 is 1.18 bits per heavy atom. The Morgan fingerprint density at radius 3 is 2.32 bits per heavy atom. The fourth-order valence-corrected chi connectivity index (χ4v) is 3.06. The van der Waals surface area contributed by atoms with Crippen molar-refractivity contribution in [3.63, 3.8) is 0 Å². The molecule has 1 aliphatic carbocycles. The van der Waals surface area contributed by atoms with Crippen LogP contribution in [0.25, 0.3) is 0 Å². The number of ether oxygens (including phenoxy) is 1. The van der Waals surface area contributed by atoms with Gasteiger partial charge in [0.25, 0.3) is 11.8 Å². The fraction of sp³-hybridized carbons (Fsp3) is 0.529. The van der Waals surface area contributed by atoms with Gasteiger partial charge in [-0.3, -0.25) is 9.59 Å². The molecule has 0 saturated heterocycles. The summed E-state index contributed by atoms with van der Waals surface area (Å²) in [6, 6.07) is 6.97. The predicted octanol–water partition coefficient (Wildman–Crippen LogP) is 2.11. The molecule has 0 unspecified atom stereocenters. The van der Waals surface area contributed by atoms with Gasteiger partial charge >= 0.3 is 0 Å². The molecule has 120 valence electrons. The Hall–Kier alpha value is -2.04. The molecule has 1 fully saturated rings. The zero-order valence-corrected chi connectivity index (χ0v) is 13.2. The van der Waals surface area contributed by atoms with E-state index in [0.717, 1.165) is 12.8 Å². The van der Waals surface area contributed by atoms with E-state index in [1.54, 1.807) is 24.3 Å². The van der Waals surface area contributed by atoms with Crippen molar-refractivity contribution in [2.24, 2.45) is 17.6 Å². The van der Waals surface area contributed by atoms with Gasteiger partial charge in [-0.15, -0.1) is 0 Å². The van der Waals surface area contributed by atoms with E-state index < -0.39 is 5.91 Å². The zero-order valence-electron chi connectivity index (χ0n) is 13.2. The first-order valence-corrected chi connectivity index (χ1v) is 7.79. The maximum absolute atomic E-state index is 12.4. The number of nitrogens with one attached hydrogen (secondary N) is 1. The third kappa shape index (κ3) is 4.23. The van der Waals surface area contributed by atoms with Crippen molar-refractivity contribution in [1.82, 2.24) is 5.32 Å². The number of carbonyl (C=O) groups is 2. The highest BCUT2D eigenvalue weighted by Crippen LogP contribution is 2.29. The van der Waals surface area contributed by atoms with E-state index in [2.05, 4.69) is 19.2 Å². The smallest absolute Gasteiger partial charge is 0.255 e. The molecule has 1 aromatic carbocycles. The largest absolute Gasteiger partial charge is 0.484 e. The molecule has 0 aromatic heterocycles. The van der Waals surface area contributed by atoms with Gasteiger partial charge in [0.05, 0.1) is 0 Å². The Kier molecular flexibility index (Phi) is 5.41. The first kappa shape index (κ1) is 16.3. The highest BCUT2D eigenvalue weighted by atomic mass is 16.5. The topological polar surface area (TPSA) is 81.4 Å². The van der Waals surface area contributed by atoms with E-state index in [1.807, 2.05) is 0 Å². The molecule has 2 atom stereocenters. The monoisotopic (exact) mass is 304 g/mol. The van der Waals surface area contributed by atoms with Crippen LogP contribution in [0.15, 0.2) is 24.3 Å². The molecule has 0 radical (unpaired) electrons. The fourth-order valence-electron chi connectivity index (χ4n) is 3.06. The molecule has 0 bridgehead atoms. The number of hydrogen-bond acceptors (Lipinski definition) is 3. The summed E-state index contributed by atoms with van der Waals surface area (Å²) in [5.74, 6) is 0.945. The molecule has 3 N–H and O–H groups in total. The molecule has 1 aliphatic rings. The normalized spacial score (nSPS) is 22.1. The summed E-state index contributed by atoms with van der Waals surface area (Å²) in [6.07, 6.45) is 3.56. The molecule has 1 saturated carbocycles. The standard InChI is InChI=1S/C17H24N2O3/c1-11-4-3-5-12(2)16(11)19-17(21)13-6-8-14(9-7-13)22-10-15(18)20/h6-9,11-12,16H,3-5,10H2,1-2H3,(H2,18,20)(H,19,21)/t11-,12-/m1/s1. The minimum Gasteiger partial charge on any atom is -0.484 e. The van der Waals surface area contributed by atoms with Crippen molar-refractivity contribution in [3.05, 3.63) is 29.8 Å². The van der Waals surface area contributed by atoms with Crippen molar-refractivity contribution < 1.29 is 14.3 Å². The summed E-state index contributed by atoms with van der Waals surface area (Å²) in [5, 5.41) is 3.15. The van der Waals surface area contributed by atoms with Gasteiger partial charge in [-0.25, -0.2) is 0 Å². The van der Waals surface area contributed by atoms with Crippen molar-refractivity contribution >= 4 is 11.8 Å². The van der Waals surface area contributed by atoms with Gasteiger partial charge in [-0.05, 0) is 48.9 Å². The van der Waals surface area contributed by atoms with E-state index in [-0.39, 0.29) is 18.6 Å². The summed E-state index contributed by atoms with van der Waals surface area (Å²) >= 11 is 0. The van der Waals surface area contributed by atoms with Crippen molar-refractivity contribution in [1.29, 1.82) is 0 Å². The van der Waals surface area contributed by atoms with Crippen LogP contribution in [0.4, 0.5) is 0 Å². The summed E-state index contributed by atoms with van der Waals surface area (Å²) in [6.45, 7) is 4.23. The summed E-state index contributed by atoms with van der Waals surface area (Å²) < 4.78 is 5.18. The zero-order chi connectivity index (χ0) is 16.1. The Labute approximate surface area is 131 Å². The van der Waals surface area contributed by atoms with Crippen LogP contribution in [0.2, 0.25) is 0 Å². The minimum absolute atomic E-state index is 0.0629. The molecule has 2 amide bonds. The van der Waals surface area contributed by atoms with Crippen LogP contribution < -0.4 is 15.8 Å². The Morgan fingerprint density at radius 2 is 1.77 bits per heavy atom. The lowest BCUT2D eigenvalue weighted by Gasteiger charge is -2.35. The summed E-state index contributed by atoms with van der Waals surface area (Å²) in [7, 11) is 0. The van der Waals surface area contributed by atoms with Gasteiger partial charge in [0, 0.05) is 11.6 Å². The average molecular weight is 304 g/mol. The predicted molar refractivity (Wildman–Crippen MR) is 84.6 cm³/mol. The number of primary amides is 1. The molecular weight excluding hydrogens is 280 g/mol. The van der Waals surface area contributed by atoms with E-state index in [4.69, 9.17) is 10.5 Å². The molecule has 0 spiro atoms. The van der Waals surface area contributed by atoms with Crippen molar-refractivity contribution in [2.75, 3.05) is 6.61 Å². The van der Waals surface area contributed by atoms with E-state index >= 15 is 0 Å². The lowest BCUT2D eigenvalue weighted by Crippen LogP contribution is -2.45. The molecular formula is C17H24N2O3. The van der Waals surface area contributed by atoms with Gasteiger partial charge in [0.1, 0.15) is 5.75 Å². The Bertz CT molecular complexity index is 517. The van der Waals surface area contributed by atoms with Crippen LogP contribution in [-0.2, 0) is 4.79 Å². The molecule has 2 rings (SSSR count). The van der Waals surface area contributed by atoms with Gasteiger partial charge in [-0.1, -0.05) is 20.3 Å². The maximum atomic E-state index is 12.4. The first-order chi connectivity index (χ1) is 10.5. The number of rotatable bonds is 5. The minimum atomic E-state index is -0.526. The van der Waals surface area contributed by atoms with Crippen molar-refractivity contribution in [2.45, 2.75) is 39.2 Å². The van der Waals surface area contributed by atoms with Crippen LogP contribution in [0.5, 0.6) is 5.75 Å². The molecule has 5 heteroatoms. The number of benzene rings is 1. The first-order valence-electron chi connectivity index (χ1n) is 7.79. The SMILES string of the molecule is C[C@@H]1CCC[C@@H](C)C1NC(=O)c1ccc(OCC(N)=O)cc1. The van der Waals surface area contributed by atoms with Crippen LogP contribution in [0, 0.1) is 11.8 Å². The maximum Gasteiger partial charge on any atom is 0.255 e. The van der Waals surface area contributed by atoms with E-state index in [0.29, 0.717) is 23.1 Å². The second kappa shape index (κ2) is 7.29. The third-order valence-electron chi connectivity index (χ3n) is 4.34. The third-order valence-corrected chi connectivity index (χ3v) is 4.34. The van der Waals surface area contributed by atoms with Crippen LogP contribution >= 0.6 is 0 Å². The second-order valence-corrected chi connectivity index (χ2v) is 6.16. The van der Waals surface area contributed by atoms with Crippen molar-refractivity contribution in [3.8, 4) is 5.75 Å². The second-order valence-electron chi connectivity index (χ2n) is 6.16. The summed E-state index contributed by atoms with van der Waals surface area (Å²) in [4.78, 5) is 23.0. The summed E-state index contributed by atoms with van der Waals surface area (Å²) in [5.41, 5.74) is 5.61. The highest BCUT2D eigenvalue weighted by molar-refractivity contribution is 5.94. The number of nitrogens with two attached hydrogens (primary N) is 1. The molecule has 0 aliphatic heterocycles. The lowest BCUT2D eigenvalue weighted by molar-refractivity contribution is -0.119. The lowest BCUT2D eigenvalue weighted by atomic mass is 9.78. The van der Waals surface area contributed by atoms with Gasteiger partial charge in [0.15, 0.2) is 6.61 Å². The number of carbonyl (C=O) groups excluding carboxylic acids is 2. The number of amides is 2. The Balaban J connectivity index is 1.96. The van der Waals surface area contributed by atoms with Gasteiger partial charge in [-0.2, -0.15) is 0 Å². The van der Waals surface area contributed by atoms with Gasteiger partial charge in [0.2, 0.25) is 0 Å². The average Bonchev–Trinajstić information content (AvgIpc) is 2.49. The number of hydrogen-bond donors (Lipinski definition) is 2. The molecule has 22 heavy (non-hydrogen) atoms. The van der Waals surface area contributed by atoms with Crippen LogP contribution in [-0.4, -0.2) is 24.5 Å². The van der Waals surface area contributed by atoms with Crippen LogP contribution in [0.3, 0.4) is 0 Å². The van der Waals surface area contributed by atoms with E-state index in [1.165, 1.54) is 6.42 Å².